The van der Waals surface area contributed by atoms with E-state index < -0.39 is 11.7 Å². The zero-order valence-corrected chi connectivity index (χ0v) is 20.9. The van der Waals surface area contributed by atoms with E-state index in [9.17, 15) is 22.8 Å². The minimum absolute atomic E-state index is 0.00415. The number of alkyl halides is 3. The maximum absolute atomic E-state index is 13.2. The van der Waals surface area contributed by atoms with E-state index in [4.69, 9.17) is 11.6 Å². The van der Waals surface area contributed by atoms with Crippen LogP contribution in [0.5, 0.6) is 0 Å². The number of dihydropyridines is 1. The first-order valence-corrected chi connectivity index (χ1v) is 12.1. The Hall–Kier alpha value is -3.37. The molecule has 3 aliphatic rings. The molecule has 2 fully saturated rings. The molecule has 2 N–H and O–H groups in total. The van der Waals surface area contributed by atoms with Crippen LogP contribution in [0, 0.1) is 5.41 Å². The number of rotatable bonds is 4. The maximum Gasteiger partial charge on any atom is 0.416 e. The molecule has 11 heteroatoms. The van der Waals surface area contributed by atoms with Gasteiger partial charge in [0, 0.05) is 23.8 Å². The smallest absolute Gasteiger partial charge is 0.384 e. The zero-order valence-electron chi connectivity index (χ0n) is 20.1. The first-order chi connectivity index (χ1) is 17.7. The lowest BCUT2D eigenvalue weighted by Gasteiger charge is -2.59. The Balaban J connectivity index is 0.000000209. The minimum atomic E-state index is -4.37. The lowest BCUT2D eigenvalue weighted by molar-refractivity contribution is -0.175. The van der Waals surface area contributed by atoms with E-state index in [1.165, 1.54) is 12.1 Å². The number of carbonyl (C=O) groups is 2. The number of piperidine rings is 1. The Morgan fingerprint density at radius 3 is 2.57 bits per heavy atom. The Bertz CT molecular complexity index is 1190. The standard InChI is InChI=1S/C18H21ClN4O.C8H6F3NO/c1-22-8-5-18(6-9-22)16(15-4-2-3-7-21-15)23(17(18)24)14-10-13(19)11-20-12-14;9-8(10,11)6-2-1-3-7(4-6)12-5-13/h2-4,7,10-11,16,20H,5-6,8-9,12H2,1H3;1-5H,(H,12,13). The Labute approximate surface area is 218 Å². The average Bonchev–Trinajstić information content (AvgIpc) is 2.88. The van der Waals surface area contributed by atoms with Crippen LogP contribution >= 0.6 is 11.6 Å². The van der Waals surface area contributed by atoms with Crippen molar-refractivity contribution >= 4 is 29.6 Å². The van der Waals surface area contributed by atoms with Crippen molar-refractivity contribution in [2.75, 3.05) is 32.0 Å². The molecule has 0 aliphatic carbocycles. The fraction of sp³-hybridized carbons (Fsp3) is 0.346. The molecule has 1 unspecified atom stereocenters. The van der Waals surface area contributed by atoms with Gasteiger partial charge in [0.1, 0.15) is 0 Å². The first-order valence-electron chi connectivity index (χ1n) is 11.8. The van der Waals surface area contributed by atoms with Crippen LogP contribution in [0.25, 0.3) is 0 Å². The molecule has 37 heavy (non-hydrogen) atoms. The molecule has 1 atom stereocenters. The fourth-order valence-electron chi connectivity index (χ4n) is 4.92. The number of carbonyl (C=O) groups excluding carboxylic acids is 2. The molecular formula is C26H27ClF3N5O2. The second kappa shape index (κ2) is 10.9. The van der Waals surface area contributed by atoms with Crippen molar-refractivity contribution in [2.45, 2.75) is 25.1 Å². The summed E-state index contributed by atoms with van der Waals surface area (Å²) >= 11 is 6.14. The molecule has 1 aromatic carbocycles. The number of amides is 2. The molecular weight excluding hydrogens is 507 g/mol. The van der Waals surface area contributed by atoms with Crippen LogP contribution in [0.4, 0.5) is 18.9 Å². The van der Waals surface area contributed by atoms with E-state index in [0.717, 1.165) is 49.5 Å². The number of benzene rings is 1. The summed E-state index contributed by atoms with van der Waals surface area (Å²) in [5, 5.41) is 5.90. The normalized spacial score (nSPS) is 21.1. The van der Waals surface area contributed by atoms with Gasteiger partial charge in [0.25, 0.3) is 0 Å². The largest absolute Gasteiger partial charge is 0.416 e. The number of β-lactam (4-membered cyclic amide) rings is 1. The minimum Gasteiger partial charge on any atom is -0.384 e. The number of hydrogen-bond donors (Lipinski definition) is 2. The summed E-state index contributed by atoms with van der Waals surface area (Å²) in [7, 11) is 2.11. The van der Waals surface area contributed by atoms with Crippen molar-refractivity contribution in [1.29, 1.82) is 0 Å². The van der Waals surface area contributed by atoms with Crippen molar-refractivity contribution in [3.63, 3.8) is 0 Å². The Morgan fingerprint density at radius 1 is 1.19 bits per heavy atom. The summed E-state index contributed by atoms with van der Waals surface area (Å²) in [5.41, 5.74) is 0.917. The van der Waals surface area contributed by atoms with Crippen molar-refractivity contribution in [2.24, 2.45) is 5.41 Å². The molecule has 0 radical (unpaired) electrons. The van der Waals surface area contributed by atoms with Crippen LogP contribution in [-0.2, 0) is 15.8 Å². The Kier molecular flexibility index (Phi) is 7.89. The molecule has 7 nitrogen and oxygen atoms in total. The van der Waals surface area contributed by atoms with E-state index in [1.54, 1.807) is 12.4 Å². The lowest BCUT2D eigenvalue weighted by atomic mass is 9.63. The van der Waals surface area contributed by atoms with Crippen LogP contribution in [-0.4, -0.2) is 53.8 Å². The molecule has 0 saturated carbocycles. The molecule has 3 aliphatic heterocycles. The van der Waals surface area contributed by atoms with Crippen LogP contribution in [0.2, 0.25) is 0 Å². The van der Waals surface area contributed by atoms with Crippen LogP contribution in [0.1, 0.15) is 30.1 Å². The van der Waals surface area contributed by atoms with Gasteiger partial charge in [-0.1, -0.05) is 23.7 Å². The van der Waals surface area contributed by atoms with Gasteiger partial charge in [-0.05, 0) is 69.4 Å². The summed E-state index contributed by atoms with van der Waals surface area (Å²) < 4.78 is 36.3. The molecule has 5 rings (SSSR count). The number of nitrogens with zero attached hydrogens (tertiary/aromatic N) is 3. The van der Waals surface area contributed by atoms with Gasteiger partial charge < -0.3 is 20.4 Å². The second-order valence-corrected chi connectivity index (χ2v) is 9.61. The van der Waals surface area contributed by atoms with Gasteiger partial charge in [-0.25, -0.2) is 0 Å². The van der Waals surface area contributed by atoms with Gasteiger partial charge in [-0.15, -0.1) is 0 Å². The van der Waals surface area contributed by atoms with Gasteiger partial charge in [0.2, 0.25) is 12.3 Å². The van der Waals surface area contributed by atoms with E-state index in [1.807, 2.05) is 29.2 Å². The molecule has 1 aromatic heterocycles. The van der Waals surface area contributed by atoms with Gasteiger partial charge in [0.15, 0.2) is 0 Å². The van der Waals surface area contributed by atoms with Crippen molar-refractivity contribution in [1.82, 2.24) is 20.1 Å². The second-order valence-electron chi connectivity index (χ2n) is 9.18. The van der Waals surface area contributed by atoms with E-state index >= 15 is 0 Å². The van der Waals surface area contributed by atoms with Crippen LogP contribution < -0.4 is 10.6 Å². The maximum atomic E-state index is 13.2. The quantitative estimate of drug-likeness (QED) is 0.446. The first kappa shape index (κ1) is 26.7. The molecule has 0 bridgehead atoms. The van der Waals surface area contributed by atoms with Crippen molar-refractivity contribution < 1.29 is 22.8 Å². The number of aromatic nitrogens is 1. The third kappa shape index (κ3) is 5.65. The topological polar surface area (TPSA) is 77.6 Å². The lowest BCUT2D eigenvalue weighted by Crippen LogP contribution is -2.66. The number of likely N-dealkylation sites (tertiary alicyclic amines) is 2. The highest BCUT2D eigenvalue weighted by atomic mass is 35.5. The SMILES string of the molecule is CN1CCC2(CC1)C(=O)N(C1=CC(Cl)=CNC1)C2c1ccccn1.O=CNc1cccc(C(F)(F)F)c1. The van der Waals surface area contributed by atoms with Gasteiger partial charge in [0.05, 0.1) is 34.3 Å². The fourth-order valence-corrected chi connectivity index (χ4v) is 5.13. The molecule has 2 aromatic rings. The van der Waals surface area contributed by atoms with Crippen molar-refractivity contribution in [3.8, 4) is 0 Å². The third-order valence-electron chi connectivity index (χ3n) is 6.83. The summed E-state index contributed by atoms with van der Waals surface area (Å²) in [4.78, 5) is 31.9. The monoisotopic (exact) mass is 533 g/mol. The van der Waals surface area contributed by atoms with Crippen LogP contribution in [0.15, 0.2) is 71.7 Å². The Morgan fingerprint density at radius 2 is 1.95 bits per heavy atom. The number of nitrogens with one attached hydrogen (secondary N) is 2. The summed E-state index contributed by atoms with van der Waals surface area (Å²) in [5.74, 6) is 0.214. The number of halogens is 4. The van der Waals surface area contributed by atoms with Crippen molar-refractivity contribution in [3.05, 3.63) is 82.9 Å². The van der Waals surface area contributed by atoms with Crippen LogP contribution in [0.3, 0.4) is 0 Å². The van der Waals surface area contributed by atoms with Gasteiger partial charge in [-0.3, -0.25) is 14.6 Å². The summed E-state index contributed by atoms with van der Waals surface area (Å²) in [6.45, 7) is 2.50. The summed E-state index contributed by atoms with van der Waals surface area (Å²) in [6.07, 6.45) is 3.16. The van der Waals surface area contributed by atoms with Gasteiger partial charge >= 0.3 is 6.18 Å². The number of pyridine rings is 1. The van der Waals surface area contributed by atoms with Gasteiger partial charge in [-0.2, -0.15) is 13.2 Å². The highest BCUT2D eigenvalue weighted by Crippen LogP contribution is 2.57. The number of allylic oxidation sites excluding steroid dienone is 2. The molecule has 2 saturated heterocycles. The zero-order chi connectivity index (χ0) is 26.6. The molecule has 2 amide bonds. The third-order valence-corrected chi connectivity index (χ3v) is 7.04. The number of hydrogen-bond acceptors (Lipinski definition) is 5. The predicted octanol–water partition coefficient (Wildman–Crippen LogP) is 4.52. The molecule has 4 heterocycles. The number of anilines is 1. The highest BCUT2D eigenvalue weighted by molar-refractivity contribution is 6.31. The average molecular weight is 534 g/mol. The molecule has 196 valence electrons. The molecule has 1 spiro atoms. The summed E-state index contributed by atoms with van der Waals surface area (Å²) in [6, 6.07) is 10.3. The van der Waals surface area contributed by atoms with E-state index in [2.05, 4.69) is 27.6 Å². The predicted molar refractivity (Wildman–Crippen MR) is 134 cm³/mol. The highest BCUT2D eigenvalue weighted by Gasteiger charge is 2.62. The van der Waals surface area contributed by atoms with E-state index in [0.29, 0.717) is 18.0 Å². The van der Waals surface area contributed by atoms with E-state index in [-0.39, 0.29) is 23.1 Å².